The van der Waals surface area contributed by atoms with Crippen molar-refractivity contribution in [3.63, 3.8) is 0 Å². The van der Waals surface area contributed by atoms with E-state index in [1.807, 2.05) is 36.4 Å². The number of rotatable bonds is 3. The molecule has 2 aromatic heterocycles. The van der Waals surface area contributed by atoms with Crippen LogP contribution in [-0.4, -0.2) is 16.1 Å². The van der Waals surface area contributed by atoms with Crippen LogP contribution in [0.5, 0.6) is 0 Å². The number of carbonyl (C=O) groups excluding carboxylic acids is 1. The molecule has 0 atom stereocenters. The van der Waals surface area contributed by atoms with Gasteiger partial charge in [0.15, 0.2) is 0 Å². The smallest absolute Gasteiger partial charge is 0.267 e. The highest BCUT2D eigenvalue weighted by Crippen LogP contribution is 2.27. The summed E-state index contributed by atoms with van der Waals surface area (Å²) in [6.07, 6.45) is 0. The van der Waals surface area contributed by atoms with Crippen molar-refractivity contribution in [2.24, 2.45) is 0 Å². The minimum absolute atomic E-state index is 0.170. The number of nitrogens with zero attached hydrogens (tertiary/aromatic N) is 2. The van der Waals surface area contributed by atoms with Crippen molar-refractivity contribution >= 4 is 49.6 Å². The Morgan fingerprint density at radius 1 is 1.05 bits per heavy atom. The fourth-order valence-electron chi connectivity index (χ4n) is 1.57. The fraction of sp³-hybridized carbons (Fsp3) is 0. The van der Waals surface area contributed by atoms with Gasteiger partial charge in [-0.3, -0.25) is 10.1 Å². The molecular formula is C13H8BrN3OS2. The third-order valence-corrected chi connectivity index (χ3v) is 4.97. The van der Waals surface area contributed by atoms with Gasteiger partial charge in [0.25, 0.3) is 5.91 Å². The van der Waals surface area contributed by atoms with Crippen molar-refractivity contribution in [2.45, 2.75) is 0 Å². The largest absolute Gasteiger partial charge is 0.296 e. The molecule has 0 fully saturated rings. The molecule has 0 radical (unpaired) electrons. The summed E-state index contributed by atoms with van der Waals surface area (Å²) in [5.41, 5.74) is 0.990. The summed E-state index contributed by atoms with van der Waals surface area (Å²) >= 11 is 6.07. The quantitative estimate of drug-likeness (QED) is 0.753. The molecule has 0 bridgehead atoms. The molecule has 0 saturated heterocycles. The van der Waals surface area contributed by atoms with Gasteiger partial charge in [-0.2, -0.15) is 0 Å². The van der Waals surface area contributed by atoms with Crippen molar-refractivity contribution in [3.8, 4) is 10.6 Å². The molecule has 3 rings (SSSR count). The summed E-state index contributed by atoms with van der Waals surface area (Å²) in [4.78, 5) is 12.6. The van der Waals surface area contributed by atoms with Crippen LogP contribution in [0, 0.1) is 0 Å². The lowest BCUT2D eigenvalue weighted by molar-refractivity contribution is 0.103. The highest BCUT2D eigenvalue weighted by Gasteiger charge is 2.12. The van der Waals surface area contributed by atoms with Crippen molar-refractivity contribution in [3.05, 3.63) is 51.1 Å². The number of thiophene rings is 1. The second kappa shape index (κ2) is 5.82. The number of anilines is 1. The van der Waals surface area contributed by atoms with Gasteiger partial charge < -0.3 is 0 Å². The first-order valence-corrected chi connectivity index (χ1v) is 8.10. The van der Waals surface area contributed by atoms with Gasteiger partial charge in [0, 0.05) is 5.56 Å². The highest BCUT2D eigenvalue weighted by atomic mass is 79.9. The van der Waals surface area contributed by atoms with Crippen molar-refractivity contribution < 1.29 is 4.79 Å². The molecule has 0 spiro atoms. The number of nitrogens with one attached hydrogen (secondary N) is 1. The van der Waals surface area contributed by atoms with E-state index in [0.29, 0.717) is 10.0 Å². The number of amides is 1. The summed E-state index contributed by atoms with van der Waals surface area (Å²) in [6, 6.07) is 13.4. The zero-order chi connectivity index (χ0) is 13.9. The maximum Gasteiger partial charge on any atom is 0.267 e. The Balaban J connectivity index is 1.76. The monoisotopic (exact) mass is 365 g/mol. The van der Waals surface area contributed by atoms with Gasteiger partial charge in [0.05, 0.1) is 8.66 Å². The van der Waals surface area contributed by atoms with Gasteiger partial charge in [-0.05, 0) is 28.1 Å². The van der Waals surface area contributed by atoms with Crippen molar-refractivity contribution in [1.82, 2.24) is 10.2 Å². The van der Waals surface area contributed by atoms with Gasteiger partial charge in [-0.1, -0.05) is 41.7 Å². The zero-order valence-electron chi connectivity index (χ0n) is 10.0. The minimum atomic E-state index is -0.170. The summed E-state index contributed by atoms with van der Waals surface area (Å²) < 4.78 is 0.921. The SMILES string of the molecule is O=C(Nc1nnc(-c2ccccc2)s1)c1ccc(Br)s1. The number of hydrogen-bond donors (Lipinski definition) is 1. The average Bonchev–Trinajstić information content (AvgIpc) is 3.09. The lowest BCUT2D eigenvalue weighted by Gasteiger charge is -1.96. The van der Waals surface area contributed by atoms with Gasteiger partial charge in [0.2, 0.25) is 5.13 Å². The van der Waals surface area contributed by atoms with Gasteiger partial charge >= 0.3 is 0 Å². The lowest BCUT2D eigenvalue weighted by Crippen LogP contribution is -2.09. The summed E-state index contributed by atoms with van der Waals surface area (Å²) in [5.74, 6) is -0.170. The molecule has 0 aliphatic heterocycles. The molecule has 0 unspecified atom stereocenters. The second-order valence-electron chi connectivity index (χ2n) is 3.84. The van der Waals surface area contributed by atoms with Gasteiger partial charge in [-0.25, -0.2) is 0 Å². The van der Waals surface area contributed by atoms with Crippen LogP contribution < -0.4 is 5.32 Å². The van der Waals surface area contributed by atoms with Crippen LogP contribution in [0.3, 0.4) is 0 Å². The first kappa shape index (κ1) is 13.4. The standard InChI is InChI=1S/C13H8BrN3OS2/c14-10-7-6-9(19-10)11(18)15-13-17-16-12(20-13)8-4-2-1-3-5-8/h1-7H,(H,15,17,18). The summed E-state index contributed by atoms with van der Waals surface area (Å²) in [6.45, 7) is 0. The van der Waals surface area contributed by atoms with E-state index in [9.17, 15) is 4.79 Å². The number of hydrogen-bond acceptors (Lipinski definition) is 5. The molecule has 3 aromatic rings. The summed E-state index contributed by atoms with van der Waals surface area (Å²) in [7, 11) is 0. The molecule has 1 aromatic carbocycles. The minimum Gasteiger partial charge on any atom is -0.296 e. The van der Waals surface area contributed by atoms with Crippen LogP contribution in [0.4, 0.5) is 5.13 Å². The molecule has 1 N–H and O–H groups in total. The van der Waals surface area contributed by atoms with E-state index < -0.39 is 0 Å². The molecule has 2 heterocycles. The number of benzene rings is 1. The molecular weight excluding hydrogens is 358 g/mol. The Bertz CT molecular complexity index is 739. The molecule has 1 amide bonds. The van der Waals surface area contributed by atoms with Crippen LogP contribution in [0.1, 0.15) is 9.67 Å². The van der Waals surface area contributed by atoms with E-state index in [1.54, 1.807) is 6.07 Å². The van der Waals surface area contributed by atoms with Gasteiger partial charge in [-0.15, -0.1) is 21.5 Å². The first-order chi connectivity index (χ1) is 9.72. The molecule has 20 heavy (non-hydrogen) atoms. The van der Waals surface area contributed by atoms with Crippen molar-refractivity contribution in [1.29, 1.82) is 0 Å². The average molecular weight is 366 g/mol. The molecule has 4 nitrogen and oxygen atoms in total. The van der Waals surface area contributed by atoms with Crippen LogP contribution >= 0.6 is 38.6 Å². The third kappa shape index (κ3) is 2.95. The normalized spacial score (nSPS) is 10.4. The molecule has 0 aliphatic carbocycles. The number of carbonyl (C=O) groups is 1. The number of halogens is 1. The highest BCUT2D eigenvalue weighted by molar-refractivity contribution is 9.11. The van der Waals surface area contributed by atoms with E-state index in [1.165, 1.54) is 22.7 Å². The Kier molecular flexibility index (Phi) is 3.90. The molecule has 0 saturated carbocycles. The zero-order valence-corrected chi connectivity index (χ0v) is 13.3. The van der Waals surface area contributed by atoms with Crippen LogP contribution in [0.25, 0.3) is 10.6 Å². The number of aromatic nitrogens is 2. The van der Waals surface area contributed by atoms with E-state index >= 15 is 0 Å². The maximum absolute atomic E-state index is 12.0. The Morgan fingerprint density at radius 3 is 2.55 bits per heavy atom. The maximum atomic E-state index is 12.0. The van der Waals surface area contributed by atoms with E-state index in [4.69, 9.17) is 0 Å². The third-order valence-electron chi connectivity index (χ3n) is 2.46. The second-order valence-corrected chi connectivity index (χ2v) is 7.28. The molecule has 7 heteroatoms. The lowest BCUT2D eigenvalue weighted by atomic mass is 10.2. The molecule has 0 aliphatic rings. The molecule has 100 valence electrons. The Hall–Kier alpha value is -1.57. The van der Waals surface area contributed by atoms with Crippen LogP contribution in [0.2, 0.25) is 0 Å². The fourth-order valence-corrected chi connectivity index (χ4v) is 3.59. The Morgan fingerprint density at radius 2 is 1.85 bits per heavy atom. The predicted molar refractivity (Wildman–Crippen MR) is 85.3 cm³/mol. The van der Waals surface area contributed by atoms with Gasteiger partial charge in [0.1, 0.15) is 5.01 Å². The topological polar surface area (TPSA) is 54.9 Å². The van der Waals surface area contributed by atoms with Crippen LogP contribution in [0.15, 0.2) is 46.3 Å². The Labute approximate surface area is 131 Å². The first-order valence-electron chi connectivity index (χ1n) is 5.68. The summed E-state index contributed by atoms with van der Waals surface area (Å²) in [5, 5.41) is 12.1. The predicted octanol–water partition coefficient (Wildman–Crippen LogP) is 4.28. The van der Waals surface area contributed by atoms with E-state index in [-0.39, 0.29) is 5.91 Å². The van der Waals surface area contributed by atoms with E-state index in [0.717, 1.165) is 14.4 Å². The van der Waals surface area contributed by atoms with E-state index in [2.05, 4.69) is 31.4 Å². The van der Waals surface area contributed by atoms with Crippen molar-refractivity contribution in [2.75, 3.05) is 5.32 Å². The van der Waals surface area contributed by atoms with Crippen LogP contribution in [-0.2, 0) is 0 Å².